The largest absolute Gasteiger partial charge is 0.322 e. The van der Waals surface area contributed by atoms with Crippen LogP contribution in [0.1, 0.15) is 27.7 Å². The Labute approximate surface area is 222 Å². The predicted octanol–water partition coefficient (Wildman–Crippen LogP) is 6.71. The molecule has 0 bridgehead atoms. The van der Waals surface area contributed by atoms with Gasteiger partial charge in [-0.05, 0) is 51.1 Å². The van der Waals surface area contributed by atoms with Gasteiger partial charge in [-0.25, -0.2) is 4.98 Å². The van der Waals surface area contributed by atoms with E-state index in [1.807, 2.05) is 45.0 Å². The van der Waals surface area contributed by atoms with Gasteiger partial charge < -0.3 is 10.6 Å². The summed E-state index contributed by atoms with van der Waals surface area (Å²) in [5.74, 6) is -0.599. The number of anilines is 2. The molecule has 1 atom stereocenters. The fraction of sp³-hybridized carbons (Fsp3) is 0.148. The lowest BCUT2D eigenvalue weighted by Crippen LogP contribution is -2.22. The van der Waals surface area contributed by atoms with E-state index in [0.29, 0.717) is 10.8 Å². The summed E-state index contributed by atoms with van der Waals surface area (Å²) in [5.41, 5.74) is 3.64. The Kier molecular flexibility index (Phi) is 8.00. The van der Waals surface area contributed by atoms with E-state index < -0.39 is 10.8 Å². The van der Waals surface area contributed by atoms with Gasteiger partial charge in [0, 0.05) is 38.7 Å². The number of nitrogens with one attached hydrogen (secondary N) is 2. The Hall–Kier alpha value is -4.02. The Morgan fingerprint density at radius 1 is 1.00 bits per heavy atom. The second kappa shape index (κ2) is 11.4. The van der Waals surface area contributed by atoms with Crippen molar-refractivity contribution in [1.29, 1.82) is 0 Å². The minimum absolute atomic E-state index is 0.147. The van der Waals surface area contributed by atoms with Gasteiger partial charge in [-0.15, -0.1) is 23.1 Å². The summed E-state index contributed by atoms with van der Waals surface area (Å²) >= 11 is 2.83. The number of nitro groups is 1. The number of carbonyl (C=O) groups is 2. The van der Waals surface area contributed by atoms with Crippen molar-refractivity contribution in [3.05, 3.63) is 98.9 Å². The van der Waals surface area contributed by atoms with Crippen LogP contribution in [0.2, 0.25) is 0 Å². The van der Waals surface area contributed by atoms with Crippen molar-refractivity contribution in [3.63, 3.8) is 0 Å². The third-order valence-electron chi connectivity index (χ3n) is 5.47. The van der Waals surface area contributed by atoms with E-state index >= 15 is 0 Å². The van der Waals surface area contributed by atoms with Crippen molar-refractivity contribution in [2.24, 2.45) is 0 Å². The van der Waals surface area contributed by atoms with Crippen LogP contribution in [0.5, 0.6) is 0 Å². The molecular formula is C27H24N4O4S2. The van der Waals surface area contributed by atoms with Crippen LogP contribution >= 0.6 is 23.1 Å². The van der Waals surface area contributed by atoms with Crippen LogP contribution in [0.3, 0.4) is 0 Å². The molecule has 188 valence electrons. The van der Waals surface area contributed by atoms with E-state index in [1.165, 1.54) is 52.9 Å². The molecule has 1 unspecified atom stereocenters. The van der Waals surface area contributed by atoms with E-state index in [-0.39, 0.29) is 22.4 Å². The average molecular weight is 533 g/mol. The number of hydrogen-bond donors (Lipinski definition) is 2. The first kappa shape index (κ1) is 26.1. The van der Waals surface area contributed by atoms with Crippen LogP contribution in [0.25, 0.3) is 11.3 Å². The van der Waals surface area contributed by atoms with Crippen LogP contribution in [-0.4, -0.2) is 27.0 Å². The quantitative estimate of drug-likeness (QED) is 0.148. The first-order chi connectivity index (χ1) is 17.7. The molecule has 0 radical (unpaired) electrons. The van der Waals surface area contributed by atoms with Gasteiger partial charge in [0.2, 0.25) is 5.91 Å². The summed E-state index contributed by atoms with van der Waals surface area (Å²) in [5, 5.41) is 16.8. The van der Waals surface area contributed by atoms with Gasteiger partial charge in [0.05, 0.1) is 15.9 Å². The summed E-state index contributed by atoms with van der Waals surface area (Å²) in [6.07, 6.45) is 0. The number of carbonyl (C=O) groups excluding carboxylic acids is 2. The fourth-order valence-corrected chi connectivity index (χ4v) is 5.18. The van der Waals surface area contributed by atoms with Crippen molar-refractivity contribution >= 4 is 51.4 Å². The molecule has 1 aromatic heterocycles. The Balaban J connectivity index is 1.34. The molecule has 0 aliphatic carbocycles. The smallest absolute Gasteiger partial charge is 0.270 e. The van der Waals surface area contributed by atoms with Gasteiger partial charge in [0.15, 0.2) is 5.13 Å². The SMILES string of the molecule is Cc1ccc(-c2nc(NC(=O)C(C)Sc3ccc(NC(=O)c4cccc([N+](=O)[O-])c4)cc3)sc2C)cc1. The molecule has 0 aliphatic heterocycles. The Morgan fingerprint density at radius 3 is 2.38 bits per heavy atom. The molecule has 1 heterocycles. The highest BCUT2D eigenvalue weighted by atomic mass is 32.2. The zero-order valence-corrected chi connectivity index (χ0v) is 22.0. The predicted molar refractivity (Wildman–Crippen MR) is 148 cm³/mol. The van der Waals surface area contributed by atoms with Gasteiger partial charge in [0.1, 0.15) is 0 Å². The highest BCUT2D eigenvalue weighted by Crippen LogP contribution is 2.32. The molecule has 0 fully saturated rings. The molecule has 0 saturated carbocycles. The van der Waals surface area contributed by atoms with Crippen LogP contribution in [0.15, 0.2) is 77.7 Å². The molecule has 3 aromatic carbocycles. The second-order valence-corrected chi connectivity index (χ2v) is 10.9. The molecule has 2 N–H and O–H groups in total. The molecule has 4 aromatic rings. The van der Waals surface area contributed by atoms with Gasteiger partial charge in [-0.2, -0.15) is 0 Å². The zero-order valence-electron chi connectivity index (χ0n) is 20.3. The van der Waals surface area contributed by atoms with Gasteiger partial charge >= 0.3 is 0 Å². The van der Waals surface area contributed by atoms with E-state index in [2.05, 4.69) is 15.6 Å². The van der Waals surface area contributed by atoms with Gasteiger partial charge in [-0.3, -0.25) is 19.7 Å². The number of thioether (sulfide) groups is 1. The number of benzene rings is 3. The maximum absolute atomic E-state index is 12.8. The lowest BCUT2D eigenvalue weighted by molar-refractivity contribution is -0.384. The third kappa shape index (κ3) is 6.60. The van der Waals surface area contributed by atoms with Crippen molar-refractivity contribution in [1.82, 2.24) is 4.98 Å². The number of aryl methyl sites for hydroxylation is 2. The third-order valence-corrected chi connectivity index (χ3v) is 7.46. The number of amides is 2. The highest BCUT2D eigenvalue weighted by molar-refractivity contribution is 8.00. The highest BCUT2D eigenvalue weighted by Gasteiger charge is 2.18. The molecule has 10 heteroatoms. The van der Waals surface area contributed by atoms with Crippen LogP contribution in [0, 0.1) is 24.0 Å². The second-order valence-electron chi connectivity index (χ2n) is 8.33. The van der Waals surface area contributed by atoms with E-state index in [9.17, 15) is 19.7 Å². The van der Waals surface area contributed by atoms with Crippen molar-refractivity contribution in [3.8, 4) is 11.3 Å². The molecule has 2 amide bonds. The van der Waals surface area contributed by atoms with Crippen LogP contribution < -0.4 is 10.6 Å². The molecule has 37 heavy (non-hydrogen) atoms. The molecule has 0 saturated heterocycles. The maximum Gasteiger partial charge on any atom is 0.270 e. The normalized spacial score (nSPS) is 11.5. The molecule has 0 aliphatic rings. The van der Waals surface area contributed by atoms with Crippen molar-refractivity contribution in [2.45, 2.75) is 30.9 Å². The lowest BCUT2D eigenvalue weighted by Gasteiger charge is -2.11. The number of aromatic nitrogens is 1. The number of thiazole rings is 1. The minimum Gasteiger partial charge on any atom is -0.322 e. The average Bonchev–Trinajstić information content (AvgIpc) is 3.25. The summed E-state index contributed by atoms with van der Waals surface area (Å²) in [6, 6.07) is 20.7. The van der Waals surface area contributed by atoms with E-state index in [0.717, 1.165) is 21.0 Å². The Bertz CT molecular complexity index is 1450. The first-order valence-corrected chi connectivity index (χ1v) is 13.1. The number of non-ortho nitro benzene ring substituents is 1. The maximum atomic E-state index is 12.8. The minimum atomic E-state index is -0.543. The fourth-order valence-electron chi connectivity index (χ4n) is 3.47. The van der Waals surface area contributed by atoms with Gasteiger partial charge in [-0.1, -0.05) is 35.9 Å². The molecule has 8 nitrogen and oxygen atoms in total. The standard InChI is InChI=1S/C27H24N4O4S2/c1-16-7-9-19(10-8-16)24-17(2)37-27(29-24)30-25(32)18(3)36-23-13-11-21(12-14-23)28-26(33)20-5-4-6-22(15-20)31(34)35/h4-15,18H,1-3H3,(H,28,33)(H,29,30,32). The van der Waals surface area contributed by atoms with Gasteiger partial charge in [0.25, 0.3) is 11.6 Å². The zero-order chi connectivity index (χ0) is 26.5. The molecular weight excluding hydrogens is 508 g/mol. The lowest BCUT2D eigenvalue weighted by atomic mass is 10.1. The number of nitrogens with zero attached hydrogens (tertiary/aromatic N) is 2. The Morgan fingerprint density at radius 2 is 1.70 bits per heavy atom. The molecule has 0 spiro atoms. The first-order valence-electron chi connectivity index (χ1n) is 11.4. The van der Waals surface area contributed by atoms with Crippen LogP contribution in [0.4, 0.5) is 16.5 Å². The summed E-state index contributed by atoms with van der Waals surface area (Å²) in [4.78, 5) is 42.1. The number of nitro benzene ring substituents is 1. The topological polar surface area (TPSA) is 114 Å². The monoisotopic (exact) mass is 532 g/mol. The van der Waals surface area contributed by atoms with Crippen molar-refractivity contribution in [2.75, 3.05) is 10.6 Å². The van der Waals surface area contributed by atoms with E-state index in [4.69, 9.17) is 0 Å². The summed E-state index contributed by atoms with van der Waals surface area (Å²) in [7, 11) is 0. The number of hydrogen-bond acceptors (Lipinski definition) is 7. The molecule has 4 rings (SSSR count). The van der Waals surface area contributed by atoms with Crippen molar-refractivity contribution < 1.29 is 14.5 Å². The summed E-state index contributed by atoms with van der Waals surface area (Å²) in [6.45, 7) is 5.84. The summed E-state index contributed by atoms with van der Waals surface area (Å²) < 4.78 is 0. The van der Waals surface area contributed by atoms with Crippen LogP contribution in [-0.2, 0) is 4.79 Å². The number of rotatable bonds is 8. The van der Waals surface area contributed by atoms with E-state index in [1.54, 1.807) is 24.3 Å².